The first-order chi connectivity index (χ1) is 18.3. The van der Waals surface area contributed by atoms with Crippen molar-refractivity contribution in [2.24, 2.45) is 0 Å². The third-order valence-corrected chi connectivity index (χ3v) is 7.83. The maximum atomic E-state index is 13.6. The first kappa shape index (κ1) is 25.8. The normalized spacial score (nSPS) is 16.3. The number of aliphatic hydroxyl groups is 1. The van der Waals surface area contributed by atoms with Crippen LogP contribution in [0.4, 0.5) is 5.82 Å². The van der Waals surface area contributed by atoms with Crippen molar-refractivity contribution in [3.05, 3.63) is 117 Å². The lowest BCUT2D eigenvalue weighted by atomic mass is 10.1. The van der Waals surface area contributed by atoms with Gasteiger partial charge in [0.25, 0.3) is 11.5 Å². The van der Waals surface area contributed by atoms with Crippen LogP contribution in [0, 0.1) is 6.92 Å². The second-order valence-electron chi connectivity index (χ2n) is 9.01. The van der Waals surface area contributed by atoms with Crippen molar-refractivity contribution in [3.8, 4) is 0 Å². The zero-order valence-electron chi connectivity index (χ0n) is 20.9. The van der Waals surface area contributed by atoms with Crippen LogP contribution in [0.5, 0.6) is 0 Å². The molecule has 2 aromatic carbocycles. The molecule has 2 N–H and O–H groups in total. The first-order valence-electron chi connectivity index (χ1n) is 12.2. The number of nitrogens with one attached hydrogen (secondary N) is 1. The zero-order valence-corrected chi connectivity index (χ0v) is 22.5. The molecule has 5 rings (SSSR count). The quantitative estimate of drug-likeness (QED) is 0.248. The summed E-state index contributed by atoms with van der Waals surface area (Å²) >= 11 is 6.73. The molecule has 1 saturated heterocycles. The molecule has 38 heavy (non-hydrogen) atoms. The lowest BCUT2D eigenvalue weighted by Gasteiger charge is -2.23. The largest absolute Gasteiger partial charge is 0.387 e. The van der Waals surface area contributed by atoms with E-state index in [0.717, 1.165) is 28.5 Å². The molecule has 0 aliphatic carbocycles. The number of carbonyl (C=O) groups excluding carboxylic acids is 1. The Kier molecular flexibility index (Phi) is 7.42. The maximum Gasteiger partial charge on any atom is 0.267 e. The molecule has 0 bridgehead atoms. The van der Waals surface area contributed by atoms with Crippen LogP contribution in [0.25, 0.3) is 11.7 Å². The molecule has 1 fully saturated rings. The molecule has 2 atom stereocenters. The van der Waals surface area contributed by atoms with Crippen molar-refractivity contribution in [2.45, 2.75) is 26.0 Å². The number of carbonyl (C=O) groups is 1. The molecule has 7 nitrogen and oxygen atoms in total. The second-order valence-corrected chi connectivity index (χ2v) is 10.7. The number of aliphatic hydroxyl groups excluding tert-OH is 1. The number of rotatable bonds is 7. The molecule has 3 heterocycles. The summed E-state index contributed by atoms with van der Waals surface area (Å²) in [5.41, 5.74) is 2.93. The smallest absolute Gasteiger partial charge is 0.267 e. The Balaban J connectivity index is 1.53. The summed E-state index contributed by atoms with van der Waals surface area (Å²) in [6.45, 7) is 3.93. The van der Waals surface area contributed by atoms with E-state index in [1.807, 2.05) is 80.6 Å². The number of aromatic nitrogens is 2. The van der Waals surface area contributed by atoms with Crippen molar-refractivity contribution in [2.75, 3.05) is 11.9 Å². The van der Waals surface area contributed by atoms with Gasteiger partial charge in [0.15, 0.2) is 0 Å². The van der Waals surface area contributed by atoms with Crippen LogP contribution in [0.15, 0.2) is 88.7 Å². The third kappa shape index (κ3) is 5.00. The summed E-state index contributed by atoms with van der Waals surface area (Å²) < 4.78 is 1.89. The minimum atomic E-state index is -0.814. The number of aryl methyl sites for hydroxylation is 1. The summed E-state index contributed by atoms with van der Waals surface area (Å²) in [7, 11) is 0. The van der Waals surface area contributed by atoms with Gasteiger partial charge in [-0.3, -0.25) is 18.9 Å². The molecule has 2 aromatic heterocycles. The Bertz CT molecular complexity index is 1600. The number of hydrogen-bond acceptors (Lipinski definition) is 7. The number of amides is 1. The molecule has 0 radical (unpaired) electrons. The Morgan fingerprint density at radius 2 is 1.68 bits per heavy atom. The van der Waals surface area contributed by atoms with Gasteiger partial charge >= 0.3 is 0 Å². The van der Waals surface area contributed by atoms with E-state index in [4.69, 9.17) is 17.2 Å². The topological polar surface area (TPSA) is 86.9 Å². The van der Waals surface area contributed by atoms with Crippen LogP contribution in [-0.4, -0.2) is 36.2 Å². The summed E-state index contributed by atoms with van der Waals surface area (Å²) in [5, 5.41) is 13.8. The van der Waals surface area contributed by atoms with Gasteiger partial charge in [0.2, 0.25) is 0 Å². The molecule has 9 heteroatoms. The zero-order chi connectivity index (χ0) is 26.8. The van der Waals surface area contributed by atoms with E-state index in [9.17, 15) is 14.7 Å². The third-order valence-electron chi connectivity index (χ3n) is 6.50. The van der Waals surface area contributed by atoms with Crippen LogP contribution in [0.3, 0.4) is 0 Å². The van der Waals surface area contributed by atoms with E-state index in [2.05, 4.69) is 5.32 Å². The number of benzene rings is 2. The second kappa shape index (κ2) is 10.9. The fourth-order valence-electron chi connectivity index (χ4n) is 4.39. The average molecular weight is 543 g/mol. The summed E-state index contributed by atoms with van der Waals surface area (Å²) in [5.74, 6) is 0.0287. The number of nitrogens with zero attached hydrogens (tertiary/aromatic N) is 3. The lowest BCUT2D eigenvalue weighted by molar-refractivity contribution is -0.123. The van der Waals surface area contributed by atoms with E-state index in [1.165, 1.54) is 4.40 Å². The molecule has 2 unspecified atom stereocenters. The number of thioether (sulfide) groups is 1. The predicted octanol–water partition coefficient (Wildman–Crippen LogP) is 5.11. The number of anilines is 1. The van der Waals surface area contributed by atoms with E-state index < -0.39 is 6.10 Å². The van der Waals surface area contributed by atoms with Crippen molar-refractivity contribution >= 4 is 51.7 Å². The van der Waals surface area contributed by atoms with Crippen molar-refractivity contribution in [1.82, 2.24) is 14.3 Å². The van der Waals surface area contributed by atoms with Crippen LogP contribution >= 0.6 is 24.0 Å². The highest BCUT2D eigenvalue weighted by Crippen LogP contribution is 2.38. The number of thiocarbonyl (C=S) groups is 1. The fourth-order valence-corrected chi connectivity index (χ4v) is 5.79. The van der Waals surface area contributed by atoms with E-state index >= 15 is 0 Å². The van der Waals surface area contributed by atoms with Gasteiger partial charge in [-0.15, -0.1) is 0 Å². The van der Waals surface area contributed by atoms with Gasteiger partial charge in [-0.1, -0.05) is 90.7 Å². The monoisotopic (exact) mass is 542 g/mol. The predicted molar refractivity (Wildman–Crippen MR) is 156 cm³/mol. The van der Waals surface area contributed by atoms with Crippen LogP contribution in [0.1, 0.15) is 41.3 Å². The number of pyridine rings is 1. The highest BCUT2D eigenvalue weighted by molar-refractivity contribution is 8.26. The average Bonchev–Trinajstić information content (AvgIpc) is 3.22. The molecule has 0 saturated carbocycles. The maximum absolute atomic E-state index is 13.6. The Labute approximate surface area is 229 Å². The summed E-state index contributed by atoms with van der Waals surface area (Å²) in [6, 6.07) is 22.3. The van der Waals surface area contributed by atoms with Gasteiger partial charge in [-0.25, -0.2) is 4.98 Å². The van der Waals surface area contributed by atoms with E-state index in [0.29, 0.717) is 20.7 Å². The molecule has 1 aliphatic heterocycles. The van der Waals surface area contributed by atoms with Gasteiger partial charge in [-0.05, 0) is 42.7 Å². The van der Waals surface area contributed by atoms with Gasteiger partial charge in [0.05, 0.1) is 22.6 Å². The molecule has 4 aromatic rings. The molecular formula is C29H26N4O3S2. The van der Waals surface area contributed by atoms with Gasteiger partial charge in [-0.2, -0.15) is 0 Å². The Morgan fingerprint density at radius 3 is 2.37 bits per heavy atom. The van der Waals surface area contributed by atoms with Crippen molar-refractivity contribution in [1.29, 1.82) is 0 Å². The molecular weight excluding hydrogens is 516 g/mol. The van der Waals surface area contributed by atoms with Gasteiger partial charge in [0, 0.05) is 12.7 Å². The van der Waals surface area contributed by atoms with E-state index in [-0.39, 0.29) is 29.6 Å². The highest BCUT2D eigenvalue weighted by Gasteiger charge is 2.36. The van der Waals surface area contributed by atoms with Gasteiger partial charge < -0.3 is 10.4 Å². The fraction of sp³-hybridized carbons (Fsp3) is 0.172. The van der Waals surface area contributed by atoms with Crippen LogP contribution < -0.4 is 10.9 Å². The van der Waals surface area contributed by atoms with Gasteiger partial charge in [0.1, 0.15) is 15.8 Å². The van der Waals surface area contributed by atoms with E-state index in [1.54, 1.807) is 23.2 Å². The standard InChI is InChI=1S/C29H26N4O3S2/c1-18-10-9-15-32-26(18)31-25(30-17-23(34)21-13-7-4-8-14-21)22(27(32)35)16-24-28(36)33(29(37)38-24)19(2)20-11-5-3-6-12-20/h3-16,19,23,30,34H,17H2,1-2H3/b24-16+. The molecule has 1 aliphatic rings. The minimum absolute atomic E-state index is 0.130. The summed E-state index contributed by atoms with van der Waals surface area (Å²) in [4.78, 5) is 33.8. The number of fused-ring (bicyclic) bond motifs is 1. The number of hydrogen-bond donors (Lipinski definition) is 2. The summed E-state index contributed by atoms with van der Waals surface area (Å²) in [6.07, 6.45) is 2.39. The highest BCUT2D eigenvalue weighted by atomic mass is 32.2. The molecule has 192 valence electrons. The SMILES string of the molecule is Cc1cccn2c(=O)c(/C=C3/SC(=S)N(C(C)c4ccccc4)C3=O)c(NCC(O)c3ccccc3)nc12. The Morgan fingerprint density at radius 1 is 1.03 bits per heavy atom. The Hall–Kier alpha value is -3.79. The van der Waals surface area contributed by atoms with Crippen molar-refractivity contribution in [3.63, 3.8) is 0 Å². The van der Waals surface area contributed by atoms with Crippen LogP contribution in [-0.2, 0) is 4.79 Å². The molecule has 0 spiro atoms. The lowest BCUT2D eigenvalue weighted by Crippen LogP contribution is -2.31. The minimum Gasteiger partial charge on any atom is -0.387 e. The van der Waals surface area contributed by atoms with Crippen LogP contribution in [0.2, 0.25) is 0 Å². The first-order valence-corrected chi connectivity index (χ1v) is 13.4. The van der Waals surface area contributed by atoms with Crippen molar-refractivity contribution < 1.29 is 9.90 Å². The molecule has 1 amide bonds.